The fourth-order valence-electron chi connectivity index (χ4n) is 4.32. The van der Waals surface area contributed by atoms with Crippen LogP contribution >= 0.6 is 0 Å². The van der Waals surface area contributed by atoms with E-state index >= 15 is 0 Å². The highest BCUT2D eigenvalue weighted by Crippen LogP contribution is 2.44. The number of carbonyl (C=O) groups excluding carboxylic acids is 2. The van der Waals surface area contributed by atoms with Crippen molar-refractivity contribution in [3.63, 3.8) is 0 Å². The first-order valence-corrected chi connectivity index (χ1v) is 10.6. The molecule has 2 amide bonds. The molecular formula is C24H26N2O5. The Kier molecular flexibility index (Phi) is 5.93. The van der Waals surface area contributed by atoms with Crippen molar-refractivity contribution in [3.8, 4) is 11.1 Å². The van der Waals surface area contributed by atoms with Crippen molar-refractivity contribution >= 4 is 18.0 Å². The second-order valence-corrected chi connectivity index (χ2v) is 8.21. The van der Waals surface area contributed by atoms with Crippen LogP contribution in [0, 0.1) is 5.92 Å². The molecule has 31 heavy (non-hydrogen) atoms. The SMILES string of the molecule is C[C@H](NC(=O)OCC1c2ccccc2-c2ccccc21)C(=O)NC(C(=O)O)C1CCC1. The molecule has 0 radical (unpaired) electrons. The van der Waals surface area contributed by atoms with Crippen molar-refractivity contribution in [1.29, 1.82) is 0 Å². The topological polar surface area (TPSA) is 105 Å². The summed E-state index contributed by atoms with van der Waals surface area (Å²) in [6, 6.07) is 14.2. The highest BCUT2D eigenvalue weighted by molar-refractivity contribution is 5.89. The minimum atomic E-state index is -1.05. The molecule has 2 aliphatic rings. The van der Waals surface area contributed by atoms with E-state index in [-0.39, 0.29) is 18.4 Å². The molecule has 0 spiro atoms. The Hall–Kier alpha value is -3.35. The number of amides is 2. The van der Waals surface area contributed by atoms with Crippen molar-refractivity contribution in [1.82, 2.24) is 10.6 Å². The number of fused-ring (bicyclic) bond motifs is 3. The van der Waals surface area contributed by atoms with Gasteiger partial charge in [-0.3, -0.25) is 4.79 Å². The van der Waals surface area contributed by atoms with Crippen LogP contribution in [0.15, 0.2) is 48.5 Å². The number of aliphatic carboxylic acids is 1. The van der Waals surface area contributed by atoms with E-state index in [0.717, 1.165) is 41.5 Å². The molecule has 1 unspecified atom stereocenters. The molecule has 1 fully saturated rings. The molecule has 3 N–H and O–H groups in total. The summed E-state index contributed by atoms with van der Waals surface area (Å²) in [5.41, 5.74) is 4.48. The molecule has 2 aromatic carbocycles. The van der Waals surface area contributed by atoms with E-state index in [2.05, 4.69) is 22.8 Å². The summed E-state index contributed by atoms with van der Waals surface area (Å²) < 4.78 is 5.45. The number of nitrogens with one attached hydrogen (secondary N) is 2. The van der Waals surface area contributed by atoms with Gasteiger partial charge in [0.05, 0.1) is 0 Å². The Labute approximate surface area is 180 Å². The lowest BCUT2D eigenvalue weighted by molar-refractivity contribution is -0.144. The number of hydrogen-bond acceptors (Lipinski definition) is 4. The molecule has 0 aliphatic heterocycles. The second kappa shape index (κ2) is 8.79. The Morgan fingerprint density at radius 1 is 1.00 bits per heavy atom. The van der Waals surface area contributed by atoms with Gasteiger partial charge in [0, 0.05) is 5.92 Å². The number of hydrogen-bond donors (Lipinski definition) is 3. The fraction of sp³-hybridized carbons (Fsp3) is 0.375. The molecule has 2 aliphatic carbocycles. The molecule has 0 aromatic heterocycles. The van der Waals surface area contributed by atoms with E-state index in [0.29, 0.717) is 0 Å². The Balaban J connectivity index is 1.34. The molecule has 7 nitrogen and oxygen atoms in total. The summed E-state index contributed by atoms with van der Waals surface area (Å²) >= 11 is 0. The Morgan fingerprint density at radius 2 is 1.58 bits per heavy atom. The Bertz CT molecular complexity index is 955. The van der Waals surface area contributed by atoms with Gasteiger partial charge in [0.2, 0.25) is 5.91 Å². The van der Waals surface area contributed by atoms with E-state index in [1.165, 1.54) is 6.92 Å². The lowest BCUT2D eigenvalue weighted by Gasteiger charge is -2.32. The third-order valence-corrected chi connectivity index (χ3v) is 6.26. The normalized spacial score (nSPS) is 16.9. The third kappa shape index (κ3) is 4.26. The van der Waals surface area contributed by atoms with E-state index in [4.69, 9.17) is 4.74 Å². The summed E-state index contributed by atoms with van der Waals surface area (Å²) in [6.07, 6.45) is 1.83. The van der Waals surface area contributed by atoms with Gasteiger partial charge in [0.25, 0.3) is 0 Å². The van der Waals surface area contributed by atoms with Gasteiger partial charge >= 0.3 is 12.1 Å². The highest BCUT2D eigenvalue weighted by atomic mass is 16.5. The van der Waals surface area contributed by atoms with Gasteiger partial charge in [-0.1, -0.05) is 55.0 Å². The summed E-state index contributed by atoms with van der Waals surface area (Å²) in [6.45, 7) is 1.66. The zero-order valence-electron chi connectivity index (χ0n) is 17.3. The van der Waals surface area contributed by atoms with Gasteiger partial charge in [-0.05, 0) is 47.9 Å². The average Bonchev–Trinajstić information content (AvgIpc) is 3.04. The predicted molar refractivity (Wildman–Crippen MR) is 115 cm³/mol. The second-order valence-electron chi connectivity index (χ2n) is 8.21. The minimum absolute atomic E-state index is 0.0527. The number of carboxylic acid groups (broad SMARTS) is 1. The van der Waals surface area contributed by atoms with Gasteiger partial charge in [-0.15, -0.1) is 0 Å². The number of ether oxygens (including phenoxy) is 1. The minimum Gasteiger partial charge on any atom is -0.480 e. The van der Waals surface area contributed by atoms with Gasteiger partial charge in [0.15, 0.2) is 0 Å². The lowest BCUT2D eigenvalue weighted by Crippen LogP contribution is -2.54. The maximum Gasteiger partial charge on any atom is 0.407 e. The average molecular weight is 422 g/mol. The smallest absolute Gasteiger partial charge is 0.407 e. The number of rotatable bonds is 7. The summed E-state index contributed by atoms with van der Waals surface area (Å²) in [5, 5.41) is 14.4. The van der Waals surface area contributed by atoms with Gasteiger partial charge in [-0.2, -0.15) is 0 Å². The van der Waals surface area contributed by atoms with Gasteiger partial charge < -0.3 is 20.5 Å². The molecule has 4 rings (SSSR count). The summed E-state index contributed by atoms with van der Waals surface area (Å²) in [7, 11) is 0. The van der Waals surface area contributed by atoms with Crippen LogP contribution < -0.4 is 10.6 Å². The molecular weight excluding hydrogens is 396 g/mol. The zero-order valence-corrected chi connectivity index (χ0v) is 17.3. The van der Waals surface area contributed by atoms with Crippen LogP contribution in [0.2, 0.25) is 0 Å². The van der Waals surface area contributed by atoms with Crippen LogP contribution in [0.25, 0.3) is 11.1 Å². The monoisotopic (exact) mass is 422 g/mol. The Morgan fingerprint density at radius 3 is 2.10 bits per heavy atom. The van der Waals surface area contributed by atoms with E-state index in [1.54, 1.807) is 0 Å². The van der Waals surface area contributed by atoms with Crippen molar-refractivity contribution in [3.05, 3.63) is 59.7 Å². The lowest BCUT2D eigenvalue weighted by atomic mass is 9.79. The highest BCUT2D eigenvalue weighted by Gasteiger charge is 2.35. The van der Waals surface area contributed by atoms with Crippen LogP contribution in [0.5, 0.6) is 0 Å². The molecule has 2 atom stereocenters. The van der Waals surface area contributed by atoms with Gasteiger partial charge in [0.1, 0.15) is 18.7 Å². The summed E-state index contributed by atoms with van der Waals surface area (Å²) in [5.74, 6) is -1.71. The standard InChI is InChI=1S/C24H26N2O5/c1-14(22(27)26-21(23(28)29)15-7-6-8-15)25-24(30)31-13-20-18-11-4-2-9-16(18)17-10-3-5-12-19(17)20/h2-5,9-12,14-15,20-21H,6-8,13H2,1H3,(H,25,30)(H,26,27)(H,28,29)/t14-,21?/m0/s1. The van der Waals surface area contributed by atoms with E-state index < -0.39 is 30.1 Å². The summed E-state index contributed by atoms with van der Waals surface area (Å²) in [4.78, 5) is 36.1. The molecule has 0 bridgehead atoms. The largest absolute Gasteiger partial charge is 0.480 e. The maximum absolute atomic E-state index is 12.4. The first-order valence-electron chi connectivity index (χ1n) is 10.6. The van der Waals surface area contributed by atoms with Crippen molar-refractivity contribution in [2.45, 2.75) is 44.2 Å². The molecule has 1 saturated carbocycles. The first kappa shape index (κ1) is 20.9. The van der Waals surface area contributed by atoms with Crippen LogP contribution in [0.4, 0.5) is 4.79 Å². The third-order valence-electron chi connectivity index (χ3n) is 6.26. The molecule has 0 heterocycles. The molecule has 2 aromatic rings. The van der Waals surface area contributed by atoms with Crippen molar-refractivity contribution in [2.24, 2.45) is 5.92 Å². The molecule has 162 valence electrons. The van der Waals surface area contributed by atoms with Gasteiger partial charge in [-0.25, -0.2) is 9.59 Å². The predicted octanol–water partition coefficient (Wildman–Crippen LogP) is 3.28. The van der Waals surface area contributed by atoms with Crippen LogP contribution in [-0.2, 0) is 14.3 Å². The number of carboxylic acids is 1. The molecule has 0 saturated heterocycles. The van der Waals surface area contributed by atoms with E-state index in [1.807, 2.05) is 36.4 Å². The number of benzene rings is 2. The maximum atomic E-state index is 12.4. The first-order chi connectivity index (χ1) is 15.0. The number of alkyl carbamates (subject to hydrolysis) is 1. The van der Waals surface area contributed by atoms with Crippen LogP contribution in [0.3, 0.4) is 0 Å². The quantitative estimate of drug-likeness (QED) is 0.635. The fourth-order valence-corrected chi connectivity index (χ4v) is 4.32. The van der Waals surface area contributed by atoms with Crippen LogP contribution in [-0.4, -0.2) is 41.8 Å². The number of carbonyl (C=O) groups is 3. The van der Waals surface area contributed by atoms with E-state index in [9.17, 15) is 19.5 Å². The zero-order chi connectivity index (χ0) is 22.0. The van der Waals surface area contributed by atoms with Crippen molar-refractivity contribution < 1.29 is 24.2 Å². The molecule has 7 heteroatoms. The van der Waals surface area contributed by atoms with Crippen molar-refractivity contribution in [2.75, 3.05) is 6.61 Å². The van der Waals surface area contributed by atoms with Crippen LogP contribution in [0.1, 0.15) is 43.2 Å².